The van der Waals surface area contributed by atoms with Crippen LogP contribution in [0.25, 0.3) is 0 Å². The van der Waals surface area contributed by atoms with Crippen LogP contribution in [0.3, 0.4) is 0 Å². The van der Waals surface area contributed by atoms with Gasteiger partial charge >= 0.3 is 5.97 Å². The van der Waals surface area contributed by atoms with Crippen molar-refractivity contribution in [3.8, 4) is 0 Å². The maximum absolute atomic E-state index is 11.9. The van der Waals surface area contributed by atoms with Crippen LogP contribution in [0, 0.1) is 0 Å². The van der Waals surface area contributed by atoms with E-state index in [1.807, 2.05) is 36.4 Å². The summed E-state index contributed by atoms with van der Waals surface area (Å²) in [5, 5.41) is 3.92. The first-order valence-electron chi connectivity index (χ1n) is 6.55. The summed E-state index contributed by atoms with van der Waals surface area (Å²) < 4.78 is 6.02. The Labute approximate surface area is 137 Å². The summed E-state index contributed by atoms with van der Waals surface area (Å²) in [4.78, 5) is 11.9. The molecule has 0 radical (unpaired) electrons. The van der Waals surface area contributed by atoms with Crippen molar-refractivity contribution in [3.63, 3.8) is 0 Å². The van der Waals surface area contributed by atoms with Crippen LogP contribution in [-0.4, -0.2) is 12.6 Å². The van der Waals surface area contributed by atoms with Crippen molar-refractivity contribution in [2.24, 2.45) is 0 Å². The molecule has 21 heavy (non-hydrogen) atoms. The number of ether oxygens (including phenoxy) is 1. The number of esters is 1. The Morgan fingerprint density at radius 2 is 2.05 bits per heavy atom. The lowest BCUT2D eigenvalue weighted by Crippen LogP contribution is -2.10. The molecular formula is C16H15BrClNO2. The second-order valence-electron chi connectivity index (χ2n) is 4.36. The van der Waals surface area contributed by atoms with Gasteiger partial charge in [-0.3, -0.25) is 0 Å². The molecule has 0 amide bonds. The van der Waals surface area contributed by atoms with E-state index in [4.69, 9.17) is 16.3 Å². The van der Waals surface area contributed by atoms with Gasteiger partial charge in [0.15, 0.2) is 0 Å². The smallest absolute Gasteiger partial charge is 0.340 e. The van der Waals surface area contributed by atoms with Gasteiger partial charge in [0, 0.05) is 21.7 Å². The molecule has 0 bridgehead atoms. The largest absolute Gasteiger partial charge is 0.462 e. The van der Waals surface area contributed by atoms with Gasteiger partial charge < -0.3 is 10.1 Å². The molecule has 2 aromatic carbocycles. The minimum Gasteiger partial charge on any atom is -0.462 e. The highest BCUT2D eigenvalue weighted by atomic mass is 79.9. The molecule has 0 saturated heterocycles. The number of benzene rings is 2. The number of rotatable bonds is 5. The number of para-hydroxylation sites is 1. The first-order valence-corrected chi connectivity index (χ1v) is 7.73. The van der Waals surface area contributed by atoms with Gasteiger partial charge in [-0.2, -0.15) is 0 Å². The molecule has 0 saturated carbocycles. The fourth-order valence-electron chi connectivity index (χ4n) is 1.89. The van der Waals surface area contributed by atoms with Gasteiger partial charge in [-0.15, -0.1) is 0 Å². The first kappa shape index (κ1) is 15.9. The molecule has 0 aliphatic rings. The fourth-order valence-corrected chi connectivity index (χ4v) is 2.47. The Morgan fingerprint density at radius 3 is 2.81 bits per heavy atom. The standard InChI is InChI=1S/C16H15BrClNO2/c1-2-21-16(20)13-5-3-4-6-15(13)19-10-11-9-12(18)7-8-14(11)17/h3-9,19H,2,10H2,1H3. The van der Waals surface area contributed by atoms with Crippen molar-refractivity contribution in [1.82, 2.24) is 0 Å². The molecule has 0 heterocycles. The molecule has 3 nitrogen and oxygen atoms in total. The van der Waals surface area contributed by atoms with E-state index >= 15 is 0 Å². The van der Waals surface area contributed by atoms with Crippen LogP contribution >= 0.6 is 27.5 Å². The van der Waals surface area contributed by atoms with Gasteiger partial charge in [0.2, 0.25) is 0 Å². The van der Waals surface area contributed by atoms with Crippen LogP contribution in [0.5, 0.6) is 0 Å². The summed E-state index contributed by atoms with van der Waals surface area (Å²) in [5.74, 6) is -0.328. The van der Waals surface area contributed by atoms with Crippen molar-refractivity contribution < 1.29 is 9.53 Å². The molecule has 0 atom stereocenters. The molecule has 0 aliphatic carbocycles. The molecule has 0 spiro atoms. The summed E-state index contributed by atoms with van der Waals surface area (Å²) in [6.45, 7) is 2.70. The lowest BCUT2D eigenvalue weighted by Gasteiger charge is -2.12. The summed E-state index contributed by atoms with van der Waals surface area (Å²) in [6.07, 6.45) is 0. The van der Waals surface area contributed by atoms with Crippen molar-refractivity contribution in [3.05, 3.63) is 63.1 Å². The molecule has 0 unspecified atom stereocenters. The number of nitrogens with one attached hydrogen (secondary N) is 1. The van der Waals surface area contributed by atoms with Crippen LogP contribution in [0.1, 0.15) is 22.8 Å². The third-order valence-corrected chi connectivity index (χ3v) is 3.91. The Hall–Kier alpha value is -1.52. The lowest BCUT2D eigenvalue weighted by molar-refractivity contribution is 0.0527. The topological polar surface area (TPSA) is 38.3 Å². The highest BCUT2D eigenvalue weighted by molar-refractivity contribution is 9.10. The Morgan fingerprint density at radius 1 is 1.29 bits per heavy atom. The van der Waals surface area contributed by atoms with E-state index in [1.54, 1.807) is 13.0 Å². The van der Waals surface area contributed by atoms with E-state index in [0.29, 0.717) is 23.7 Å². The maximum atomic E-state index is 11.9. The SMILES string of the molecule is CCOC(=O)c1ccccc1NCc1cc(Cl)ccc1Br. The van der Waals surface area contributed by atoms with Crippen LogP contribution in [0.2, 0.25) is 5.02 Å². The maximum Gasteiger partial charge on any atom is 0.340 e. The number of hydrogen-bond donors (Lipinski definition) is 1. The van der Waals surface area contributed by atoms with E-state index in [9.17, 15) is 4.79 Å². The third kappa shape index (κ3) is 4.22. The van der Waals surface area contributed by atoms with E-state index < -0.39 is 0 Å². The molecule has 5 heteroatoms. The van der Waals surface area contributed by atoms with Crippen LogP contribution < -0.4 is 5.32 Å². The summed E-state index contributed by atoms with van der Waals surface area (Å²) in [6, 6.07) is 12.9. The minimum absolute atomic E-state index is 0.328. The predicted octanol–water partition coefficient (Wildman–Crippen LogP) is 4.89. The zero-order valence-electron chi connectivity index (χ0n) is 11.5. The van der Waals surface area contributed by atoms with Gasteiger partial charge in [-0.25, -0.2) is 4.79 Å². The summed E-state index contributed by atoms with van der Waals surface area (Å²) >= 11 is 9.48. The molecular weight excluding hydrogens is 354 g/mol. The van der Waals surface area contributed by atoms with Crippen molar-refractivity contribution in [2.45, 2.75) is 13.5 Å². The van der Waals surface area contributed by atoms with Crippen LogP contribution in [0.15, 0.2) is 46.9 Å². The van der Waals surface area contributed by atoms with Gasteiger partial charge in [0.25, 0.3) is 0 Å². The van der Waals surface area contributed by atoms with Crippen molar-refractivity contribution in [1.29, 1.82) is 0 Å². The average Bonchev–Trinajstić information content (AvgIpc) is 2.49. The Balaban J connectivity index is 2.16. The molecule has 0 aromatic heterocycles. The van der Waals surface area contributed by atoms with E-state index in [1.165, 1.54) is 0 Å². The second kappa shape index (κ2) is 7.48. The minimum atomic E-state index is -0.328. The zero-order chi connectivity index (χ0) is 15.2. The highest BCUT2D eigenvalue weighted by Crippen LogP contribution is 2.23. The Bertz CT molecular complexity index is 646. The van der Waals surface area contributed by atoms with Crippen LogP contribution in [-0.2, 0) is 11.3 Å². The number of carbonyl (C=O) groups is 1. The molecule has 2 rings (SSSR count). The van der Waals surface area contributed by atoms with E-state index in [0.717, 1.165) is 15.7 Å². The normalized spacial score (nSPS) is 10.2. The molecule has 2 aromatic rings. The molecule has 0 aliphatic heterocycles. The monoisotopic (exact) mass is 367 g/mol. The van der Waals surface area contributed by atoms with Gasteiger partial charge in [0.05, 0.1) is 12.2 Å². The van der Waals surface area contributed by atoms with Crippen molar-refractivity contribution in [2.75, 3.05) is 11.9 Å². The van der Waals surface area contributed by atoms with Crippen molar-refractivity contribution >= 4 is 39.2 Å². The van der Waals surface area contributed by atoms with E-state index in [-0.39, 0.29) is 5.97 Å². The number of hydrogen-bond acceptors (Lipinski definition) is 3. The van der Waals surface area contributed by atoms with Crippen LogP contribution in [0.4, 0.5) is 5.69 Å². The first-order chi connectivity index (χ1) is 10.1. The Kier molecular flexibility index (Phi) is 5.65. The van der Waals surface area contributed by atoms with E-state index in [2.05, 4.69) is 21.2 Å². The van der Waals surface area contributed by atoms with Gasteiger partial charge in [-0.05, 0) is 42.8 Å². The molecule has 0 fully saturated rings. The summed E-state index contributed by atoms with van der Waals surface area (Å²) in [5.41, 5.74) is 2.28. The molecule has 1 N–H and O–H groups in total. The number of halogens is 2. The summed E-state index contributed by atoms with van der Waals surface area (Å²) in [7, 11) is 0. The second-order valence-corrected chi connectivity index (χ2v) is 5.65. The van der Waals surface area contributed by atoms with Gasteiger partial charge in [-0.1, -0.05) is 39.7 Å². The average molecular weight is 369 g/mol. The third-order valence-electron chi connectivity index (χ3n) is 2.90. The highest BCUT2D eigenvalue weighted by Gasteiger charge is 2.11. The number of carbonyl (C=O) groups excluding carboxylic acids is 1. The lowest BCUT2D eigenvalue weighted by atomic mass is 10.1. The quantitative estimate of drug-likeness (QED) is 0.764. The fraction of sp³-hybridized carbons (Fsp3) is 0.188. The zero-order valence-corrected chi connectivity index (χ0v) is 13.9. The number of anilines is 1. The predicted molar refractivity (Wildman–Crippen MR) is 88.9 cm³/mol. The molecule has 110 valence electrons. The van der Waals surface area contributed by atoms with Gasteiger partial charge in [0.1, 0.15) is 0 Å².